The van der Waals surface area contributed by atoms with Gasteiger partial charge in [0.2, 0.25) is 0 Å². The molecule has 0 aliphatic heterocycles. The van der Waals surface area contributed by atoms with Gasteiger partial charge in [0, 0.05) is 0 Å². The highest BCUT2D eigenvalue weighted by molar-refractivity contribution is 5.33. The van der Waals surface area contributed by atoms with E-state index in [0.29, 0.717) is 11.3 Å². The molecule has 0 nitrogen and oxygen atoms in total. The van der Waals surface area contributed by atoms with Crippen molar-refractivity contribution in [1.82, 2.24) is 0 Å². The third kappa shape index (κ3) is 3.22. The van der Waals surface area contributed by atoms with Gasteiger partial charge in [0.1, 0.15) is 0 Å². The smallest absolute Gasteiger partial charge is 0.0135 e. The van der Waals surface area contributed by atoms with Gasteiger partial charge in [0.25, 0.3) is 0 Å². The monoisotopic (exact) mass is 206 g/mol. The van der Waals surface area contributed by atoms with Crippen molar-refractivity contribution in [3.63, 3.8) is 0 Å². The van der Waals surface area contributed by atoms with Gasteiger partial charge in [-0.2, -0.15) is 0 Å². The van der Waals surface area contributed by atoms with E-state index in [1.165, 1.54) is 17.6 Å². The molecule has 1 atom stereocenters. The summed E-state index contributed by atoms with van der Waals surface area (Å²) in [6.45, 7) is 16.2. The number of hydrogen-bond donors (Lipinski definition) is 0. The molecule has 0 heterocycles. The maximum Gasteiger partial charge on any atom is -0.0135 e. The fourth-order valence-corrected chi connectivity index (χ4v) is 2.02. The fraction of sp³-hybridized carbons (Fsp3) is 0.733. The second-order valence-electron chi connectivity index (χ2n) is 7.04. The van der Waals surface area contributed by atoms with Crippen molar-refractivity contribution in [2.75, 3.05) is 0 Å². The summed E-state index contributed by atoms with van der Waals surface area (Å²) in [5.74, 6) is 0.691. The Morgan fingerprint density at radius 3 is 2.00 bits per heavy atom. The van der Waals surface area contributed by atoms with Gasteiger partial charge in [-0.05, 0) is 35.7 Å². The number of rotatable bonds is 0. The minimum Gasteiger partial charge on any atom is -0.0768 e. The summed E-state index contributed by atoms with van der Waals surface area (Å²) in [6, 6.07) is 0. The van der Waals surface area contributed by atoms with E-state index in [0.717, 1.165) is 0 Å². The summed E-state index contributed by atoms with van der Waals surface area (Å²) >= 11 is 0. The van der Waals surface area contributed by atoms with Gasteiger partial charge in [0.05, 0.1) is 0 Å². The van der Waals surface area contributed by atoms with Crippen LogP contribution in [0.4, 0.5) is 0 Å². The normalized spacial score (nSPS) is 23.5. The number of hydrogen-bond acceptors (Lipinski definition) is 0. The first kappa shape index (κ1) is 12.5. The van der Waals surface area contributed by atoms with Gasteiger partial charge in [0.15, 0.2) is 0 Å². The lowest BCUT2D eigenvalue weighted by molar-refractivity contribution is 0.284. The lowest BCUT2D eigenvalue weighted by atomic mass is 9.71. The summed E-state index contributed by atoms with van der Waals surface area (Å²) in [4.78, 5) is 0. The van der Waals surface area contributed by atoms with Crippen molar-refractivity contribution in [2.24, 2.45) is 16.7 Å². The zero-order valence-corrected chi connectivity index (χ0v) is 11.4. The molecular formula is C15H26. The van der Waals surface area contributed by atoms with Crippen LogP contribution >= 0.6 is 0 Å². The molecule has 0 aromatic heterocycles. The molecule has 1 aliphatic rings. The van der Waals surface area contributed by atoms with Crippen molar-refractivity contribution in [3.8, 4) is 0 Å². The topological polar surface area (TPSA) is 0 Å². The molecule has 1 unspecified atom stereocenters. The molecule has 0 saturated carbocycles. The molecule has 0 bridgehead atoms. The first-order valence-electron chi connectivity index (χ1n) is 6.00. The van der Waals surface area contributed by atoms with E-state index in [-0.39, 0.29) is 5.41 Å². The summed E-state index contributed by atoms with van der Waals surface area (Å²) in [7, 11) is 0. The van der Waals surface area contributed by atoms with Crippen LogP contribution in [0.2, 0.25) is 0 Å². The second-order valence-corrected chi connectivity index (χ2v) is 7.04. The van der Waals surface area contributed by atoms with Crippen LogP contribution in [0.5, 0.6) is 0 Å². The summed E-state index contributed by atoms with van der Waals surface area (Å²) in [5.41, 5.74) is 3.70. The van der Waals surface area contributed by atoms with E-state index < -0.39 is 0 Å². The minimum absolute atomic E-state index is 0.283. The highest BCUT2D eigenvalue weighted by atomic mass is 14.3. The van der Waals surface area contributed by atoms with Crippen molar-refractivity contribution >= 4 is 0 Å². The van der Waals surface area contributed by atoms with Gasteiger partial charge >= 0.3 is 0 Å². The fourth-order valence-electron chi connectivity index (χ4n) is 2.02. The zero-order chi connectivity index (χ0) is 11.9. The van der Waals surface area contributed by atoms with Crippen LogP contribution in [0.25, 0.3) is 0 Å². The molecule has 0 aromatic carbocycles. The molecule has 1 rings (SSSR count). The van der Waals surface area contributed by atoms with Crippen molar-refractivity contribution in [2.45, 2.75) is 54.9 Å². The van der Waals surface area contributed by atoms with Crippen LogP contribution < -0.4 is 0 Å². The minimum atomic E-state index is 0.283. The average molecular weight is 206 g/mol. The van der Waals surface area contributed by atoms with E-state index in [1.54, 1.807) is 0 Å². The number of allylic oxidation sites excluding steroid dienone is 4. The summed E-state index contributed by atoms with van der Waals surface area (Å²) in [6.07, 6.45) is 6.10. The van der Waals surface area contributed by atoms with Crippen LogP contribution in [0.15, 0.2) is 23.3 Å². The first-order chi connectivity index (χ1) is 6.60. The highest BCUT2D eigenvalue weighted by Gasteiger charge is 2.28. The predicted molar refractivity (Wildman–Crippen MR) is 68.9 cm³/mol. The Bertz CT molecular complexity index is 289. The molecule has 86 valence electrons. The highest BCUT2D eigenvalue weighted by Crippen LogP contribution is 2.40. The van der Waals surface area contributed by atoms with Crippen LogP contribution in [0.3, 0.4) is 0 Å². The van der Waals surface area contributed by atoms with Gasteiger partial charge in [-0.1, -0.05) is 59.3 Å². The average Bonchev–Trinajstić information content (AvgIpc) is 1.99. The maximum absolute atomic E-state index is 2.49. The molecule has 0 N–H and O–H groups in total. The van der Waals surface area contributed by atoms with E-state index in [1.807, 2.05) is 0 Å². The van der Waals surface area contributed by atoms with Gasteiger partial charge in [-0.25, -0.2) is 0 Å². The van der Waals surface area contributed by atoms with Gasteiger partial charge in [-0.3, -0.25) is 0 Å². The summed E-state index contributed by atoms with van der Waals surface area (Å²) in [5, 5.41) is 0. The Morgan fingerprint density at radius 2 is 1.60 bits per heavy atom. The SMILES string of the molecule is CC1=CC(C(C)(C)C)=CC(C(C)(C)C)C1. The molecule has 0 heteroatoms. The predicted octanol–water partition coefficient (Wildman–Crippen LogP) is 4.97. The molecule has 0 radical (unpaired) electrons. The molecule has 0 aromatic rings. The molecular weight excluding hydrogens is 180 g/mol. The summed E-state index contributed by atoms with van der Waals surface area (Å²) < 4.78 is 0. The largest absolute Gasteiger partial charge is 0.0768 e. The van der Waals surface area contributed by atoms with Crippen LogP contribution in [-0.2, 0) is 0 Å². The molecule has 0 spiro atoms. The molecule has 15 heavy (non-hydrogen) atoms. The lowest BCUT2D eigenvalue weighted by Gasteiger charge is -2.34. The van der Waals surface area contributed by atoms with E-state index in [4.69, 9.17) is 0 Å². The first-order valence-corrected chi connectivity index (χ1v) is 6.00. The molecule has 0 amide bonds. The lowest BCUT2D eigenvalue weighted by Crippen LogP contribution is -2.23. The zero-order valence-electron chi connectivity index (χ0n) is 11.4. The van der Waals surface area contributed by atoms with E-state index >= 15 is 0 Å². The quantitative estimate of drug-likeness (QED) is 0.525. The van der Waals surface area contributed by atoms with Crippen molar-refractivity contribution < 1.29 is 0 Å². The second kappa shape index (κ2) is 3.81. The molecule has 0 saturated heterocycles. The van der Waals surface area contributed by atoms with Crippen LogP contribution in [-0.4, -0.2) is 0 Å². The maximum atomic E-state index is 2.49. The van der Waals surface area contributed by atoms with Gasteiger partial charge < -0.3 is 0 Å². The van der Waals surface area contributed by atoms with Crippen LogP contribution in [0, 0.1) is 16.7 Å². The third-order valence-electron chi connectivity index (χ3n) is 3.30. The Kier molecular flexibility index (Phi) is 3.19. The Hall–Kier alpha value is -0.520. The van der Waals surface area contributed by atoms with E-state index in [2.05, 4.69) is 60.6 Å². The Balaban J connectivity index is 3.02. The standard InChI is InChI=1S/C15H26/c1-11-8-12(14(2,3)4)10-13(9-11)15(5,6)7/h8,10,13H,9H2,1-7H3. The third-order valence-corrected chi connectivity index (χ3v) is 3.30. The van der Waals surface area contributed by atoms with Crippen molar-refractivity contribution in [1.29, 1.82) is 0 Å². The molecule has 1 aliphatic carbocycles. The Labute approximate surface area is 95.5 Å². The van der Waals surface area contributed by atoms with Crippen LogP contribution in [0.1, 0.15) is 54.9 Å². The molecule has 0 fully saturated rings. The Morgan fingerprint density at radius 1 is 1.07 bits per heavy atom. The van der Waals surface area contributed by atoms with Crippen molar-refractivity contribution in [3.05, 3.63) is 23.3 Å². The van der Waals surface area contributed by atoms with Gasteiger partial charge in [-0.15, -0.1) is 0 Å². The van der Waals surface area contributed by atoms with E-state index in [9.17, 15) is 0 Å².